The molecule has 2 aromatic carbocycles. The normalized spacial score (nSPS) is 11.2. The summed E-state index contributed by atoms with van der Waals surface area (Å²) >= 11 is 0. The van der Waals surface area contributed by atoms with Crippen LogP contribution in [-0.4, -0.2) is 17.1 Å². The van der Waals surface area contributed by atoms with Crippen molar-refractivity contribution in [1.82, 2.24) is 9.97 Å². The van der Waals surface area contributed by atoms with Crippen LogP contribution in [0.25, 0.3) is 22.2 Å². The topological polar surface area (TPSA) is 74.2 Å². The van der Waals surface area contributed by atoms with Crippen LogP contribution in [0.5, 0.6) is 5.75 Å². The van der Waals surface area contributed by atoms with Crippen molar-refractivity contribution in [2.24, 2.45) is 0 Å². The second-order valence-electron chi connectivity index (χ2n) is 7.05. The van der Waals surface area contributed by atoms with Gasteiger partial charge in [-0.3, -0.25) is 0 Å². The van der Waals surface area contributed by atoms with Gasteiger partial charge in [-0.1, -0.05) is 12.1 Å². The van der Waals surface area contributed by atoms with Gasteiger partial charge in [0.15, 0.2) is 11.6 Å². The number of ether oxygens (including phenoxy) is 1. The van der Waals surface area contributed by atoms with Crippen molar-refractivity contribution in [2.75, 3.05) is 12.8 Å². The molecule has 4 rings (SSSR count). The molecule has 0 radical (unpaired) electrons. The molecule has 0 aliphatic carbocycles. The van der Waals surface area contributed by atoms with Crippen LogP contribution in [0, 0.1) is 19.7 Å². The monoisotopic (exact) mass is 391 g/mol. The Kier molecular flexibility index (Phi) is 4.92. The molecule has 0 amide bonds. The highest BCUT2D eigenvalue weighted by Gasteiger charge is 2.16. The first-order valence-electron chi connectivity index (χ1n) is 9.40. The summed E-state index contributed by atoms with van der Waals surface area (Å²) in [5.41, 5.74) is 11.2. The summed E-state index contributed by atoms with van der Waals surface area (Å²) in [6, 6.07) is 11.1. The summed E-state index contributed by atoms with van der Waals surface area (Å²) < 4.78 is 25.2. The fourth-order valence-corrected chi connectivity index (χ4v) is 3.57. The number of rotatable bonds is 5. The van der Waals surface area contributed by atoms with Gasteiger partial charge in [0.25, 0.3) is 0 Å². The fraction of sp³-hybridized carbons (Fsp3) is 0.217. The van der Waals surface area contributed by atoms with E-state index in [0.717, 1.165) is 33.4 Å². The molecule has 0 saturated carbocycles. The number of aromatic nitrogens is 2. The predicted octanol–water partition coefficient (Wildman–Crippen LogP) is 5.02. The fourth-order valence-electron chi connectivity index (χ4n) is 3.57. The van der Waals surface area contributed by atoms with Crippen LogP contribution >= 0.6 is 0 Å². The van der Waals surface area contributed by atoms with Gasteiger partial charge in [-0.2, -0.15) is 0 Å². The SMILES string of the molecule is COc1cccc(CCc2c(N)nc(C)nc2-c2ccc3occ(C)c3c2)c1F. The van der Waals surface area contributed by atoms with E-state index < -0.39 is 0 Å². The minimum absolute atomic E-state index is 0.233. The van der Waals surface area contributed by atoms with E-state index in [1.54, 1.807) is 24.5 Å². The van der Waals surface area contributed by atoms with Crippen molar-refractivity contribution in [2.45, 2.75) is 26.7 Å². The maximum absolute atomic E-state index is 14.5. The number of furan rings is 1. The van der Waals surface area contributed by atoms with Gasteiger partial charge in [0.1, 0.15) is 17.2 Å². The maximum Gasteiger partial charge on any atom is 0.168 e. The molecule has 5 nitrogen and oxygen atoms in total. The quantitative estimate of drug-likeness (QED) is 0.517. The summed E-state index contributed by atoms with van der Waals surface area (Å²) in [5.74, 6) is 0.896. The molecular weight excluding hydrogens is 369 g/mol. The lowest BCUT2D eigenvalue weighted by molar-refractivity contribution is 0.384. The Hall–Kier alpha value is -3.41. The molecule has 2 N–H and O–H groups in total. The average molecular weight is 391 g/mol. The van der Waals surface area contributed by atoms with Crippen molar-refractivity contribution in [3.63, 3.8) is 0 Å². The Morgan fingerprint density at radius 3 is 2.72 bits per heavy atom. The van der Waals surface area contributed by atoms with E-state index in [9.17, 15) is 4.39 Å². The maximum atomic E-state index is 14.5. The smallest absolute Gasteiger partial charge is 0.168 e. The van der Waals surface area contributed by atoms with E-state index in [-0.39, 0.29) is 11.6 Å². The van der Waals surface area contributed by atoms with Crippen molar-refractivity contribution in [1.29, 1.82) is 0 Å². The Morgan fingerprint density at radius 2 is 1.93 bits per heavy atom. The molecule has 0 bridgehead atoms. The zero-order valence-electron chi connectivity index (χ0n) is 16.6. The first-order valence-corrected chi connectivity index (χ1v) is 9.40. The van der Waals surface area contributed by atoms with Gasteiger partial charge in [0.05, 0.1) is 19.1 Å². The van der Waals surface area contributed by atoms with Gasteiger partial charge in [-0.15, -0.1) is 0 Å². The molecule has 2 heterocycles. The number of halogens is 1. The second-order valence-corrected chi connectivity index (χ2v) is 7.05. The van der Waals surface area contributed by atoms with Crippen molar-refractivity contribution in [3.8, 4) is 17.0 Å². The molecule has 0 atom stereocenters. The lowest BCUT2D eigenvalue weighted by Crippen LogP contribution is -2.07. The number of methoxy groups -OCH3 is 1. The van der Waals surface area contributed by atoms with E-state index in [1.165, 1.54) is 7.11 Å². The van der Waals surface area contributed by atoms with Crippen molar-refractivity contribution in [3.05, 3.63) is 71.0 Å². The van der Waals surface area contributed by atoms with Crippen LogP contribution in [0.3, 0.4) is 0 Å². The summed E-state index contributed by atoms with van der Waals surface area (Å²) in [7, 11) is 1.46. The molecule has 0 fully saturated rings. The molecule has 0 aliphatic rings. The number of anilines is 1. The molecule has 4 aromatic rings. The number of benzene rings is 2. The highest BCUT2D eigenvalue weighted by Crippen LogP contribution is 2.31. The van der Waals surface area contributed by atoms with Crippen LogP contribution in [0.4, 0.5) is 10.2 Å². The summed E-state index contributed by atoms with van der Waals surface area (Å²) in [5, 5.41) is 1.03. The number of nitrogen functional groups attached to an aromatic ring is 1. The van der Waals surface area contributed by atoms with Crippen LogP contribution in [0.1, 0.15) is 22.5 Å². The minimum Gasteiger partial charge on any atom is -0.494 e. The minimum atomic E-state index is -0.349. The number of hydrogen-bond acceptors (Lipinski definition) is 5. The molecule has 0 unspecified atom stereocenters. The van der Waals surface area contributed by atoms with Gasteiger partial charge in [-0.05, 0) is 62.1 Å². The second kappa shape index (κ2) is 7.54. The Labute approximate surface area is 168 Å². The summed E-state index contributed by atoms with van der Waals surface area (Å²) in [6.45, 7) is 3.81. The Balaban J connectivity index is 1.75. The number of nitrogens with two attached hydrogens (primary N) is 1. The summed E-state index contributed by atoms with van der Waals surface area (Å²) in [4.78, 5) is 8.98. The lowest BCUT2D eigenvalue weighted by atomic mass is 9.98. The highest BCUT2D eigenvalue weighted by atomic mass is 19.1. The van der Waals surface area contributed by atoms with Gasteiger partial charge in [0.2, 0.25) is 0 Å². The van der Waals surface area contributed by atoms with E-state index in [0.29, 0.717) is 30.0 Å². The molecular formula is C23H22FN3O2. The largest absolute Gasteiger partial charge is 0.494 e. The zero-order chi connectivity index (χ0) is 20.5. The highest BCUT2D eigenvalue weighted by molar-refractivity contribution is 5.86. The van der Waals surface area contributed by atoms with Crippen molar-refractivity contribution >= 4 is 16.8 Å². The van der Waals surface area contributed by atoms with Crippen molar-refractivity contribution < 1.29 is 13.5 Å². The Morgan fingerprint density at radius 1 is 1.10 bits per heavy atom. The van der Waals surface area contributed by atoms with Gasteiger partial charge >= 0.3 is 0 Å². The van der Waals surface area contributed by atoms with Gasteiger partial charge in [-0.25, -0.2) is 14.4 Å². The average Bonchev–Trinajstić information content (AvgIpc) is 3.08. The summed E-state index contributed by atoms with van der Waals surface area (Å²) in [6.07, 6.45) is 2.70. The number of fused-ring (bicyclic) bond motifs is 1. The van der Waals surface area contributed by atoms with E-state index in [1.807, 2.05) is 32.0 Å². The number of hydrogen-bond donors (Lipinski definition) is 1. The third-order valence-corrected chi connectivity index (χ3v) is 5.10. The number of aryl methyl sites for hydroxylation is 3. The van der Waals surface area contributed by atoms with Crippen LogP contribution < -0.4 is 10.5 Å². The lowest BCUT2D eigenvalue weighted by Gasteiger charge is -2.13. The van der Waals surface area contributed by atoms with E-state index in [2.05, 4.69) is 9.97 Å². The molecule has 0 spiro atoms. The standard InChI is InChI=1S/C23H22FN3O2/c1-13-12-29-19-10-8-16(11-18(13)19)22-17(23(25)27-14(2)26-22)9-7-15-5-4-6-20(28-3)21(15)24/h4-6,8,10-12H,7,9H2,1-3H3,(H2,25,26,27). The predicted molar refractivity (Wildman–Crippen MR) is 111 cm³/mol. The molecule has 0 aliphatic heterocycles. The molecule has 148 valence electrons. The third-order valence-electron chi connectivity index (χ3n) is 5.10. The Bertz CT molecular complexity index is 1200. The van der Waals surface area contributed by atoms with E-state index in [4.69, 9.17) is 14.9 Å². The third kappa shape index (κ3) is 3.53. The van der Waals surface area contributed by atoms with Gasteiger partial charge < -0.3 is 14.9 Å². The molecule has 6 heteroatoms. The molecule has 0 saturated heterocycles. The van der Waals surface area contributed by atoms with E-state index >= 15 is 0 Å². The first kappa shape index (κ1) is 18.9. The van der Waals surface area contributed by atoms with Crippen LogP contribution in [0.15, 0.2) is 47.1 Å². The number of nitrogens with zero attached hydrogens (tertiary/aromatic N) is 2. The van der Waals surface area contributed by atoms with Gasteiger partial charge in [0, 0.05) is 16.5 Å². The van der Waals surface area contributed by atoms with Crippen LogP contribution in [-0.2, 0) is 12.8 Å². The first-order chi connectivity index (χ1) is 14.0. The zero-order valence-corrected chi connectivity index (χ0v) is 16.6. The molecule has 29 heavy (non-hydrogen) atoms. The van der Waals surface area contributed by atoms with Crippen LogP contribution in [0.2, 0.25) is 0 Å². The molecule has 2 aromatic heterocycles.